The fraction of sp³-hybridized carbons (Fsp3) is 0.615. The van der Waals surface area contributed by atoms with Crippen LogP contribution in [0.1, 0.15) is 21.5 Å². The van der Waals surface area contributed by atoms with E-state index < -0.39 is 12.9 Å². The number of halogens is 2. The van der Waals surface area contributed by atoms with Crippen molar-refractivity contribution in [3.8, 4) is 5.75 Å². The number of likely N-dealkylation sites (N-methyl/N-ethyl adjacent to an activating group) is 1. The largest absolute Gasteiger partial charge is 0.433 e. The van der Waals surface area contributed by atoms with E-state index in [-0.39, 0.29) is 23.1 Å². The van der Waals surface area contributed by atoms with E-state index >= 15 is 0 Å². The van der Waals surface area contributed by atoms with Gasteiger partial charge in [-0.15, -0.1) is 11.3 Å². The van der Waals surface area contributed by atoms with Gasteiger partial charge in [0.1, 0.15) is 10.6 Å². The summed E-state index contributed by atoms with van der Waals surface area (Å²) in [5.74, 6) is -0.479. The number of aryl methyl sites for hydroxylation is 1. The second-order valence-electron chi connectivity index (χ2n) is 4.17. The summed E-state index contributed by atoms with van der Waals surface area (Å²) in [6.07, 6.45) is -0.575. The Labute approximate surface area is 126 Å². The zero-order chi connectivity index (χ0) is 16.0. The van der Waals surface area contributed by atoms with E-state index in [1.807, 2.05) is 0 Å². The summed E-state index contributed by atoms with van der Waals surface area (Å²) >= 11 is 1.12. The lowest BCUT2D eigenvalue weighted by molar-refractivity contribution is -0.111. The molecule has 0 atom stereocenters. The van der Waals surface area contributed by atoms with Crippen LogP contribution in [0.15, 0.2) is 6.07 Å². The van der Waals surface area contributed by atoms with Crippen molar-refractivity contribution < 1.29 is 27.8 Å². The van der Waals surface area contributed by atoms with E-state index in [0.717, 1.165) is 16.2 Å². The summed E-state index contributed by atoms with van der Waals surface area (Å²) in [5.41, 5.74) is 0. The first-order valence-corrected chi connectivity index (χ1v) is 7.14. The van der Waals surface area contributed by atoms with Crippen molar-refractivity contribution in [2.75, 3.05) is 27.3 Å². The molecule has 1 amide bonds. The van der Waals surface area contributed by atoms with Crippen molar-refractivity contribution in [1.82, 2.24) is 4.90 Å². The number of rotatable bonds is 8. The monoisotopic (exact) mass is 323 g/mol. The molecule has 0 aliphatic heterocycles. The van der Waals surface area contributed by atoms with Crippen molar-refractivity contribution in [3.63, 3.8) is 0 Å². The lowest BCUT2D eigenvalue weighted by Gasteiger charge is -2.24. The second kappa shape index (κ2) is 8.26. The van der Waals surface area contributed by atoms with Crippen LogP contribution in [-0.4, -0.2) is 51.0 Å². The first-order valence-electron chi connectivity index (χ1n) is 6.33. The fourth-order valence-electron chi connectivity index (χ4n) is 1.75. The van der Waals surface area contributed by atoms with Gasteiger partial charge in [-0.05, 0) is 19.9 Å². The fourth-order valence-corrected chi connectivity index (χ4v) is 2.66. The third kappa shape index (κ3) is 4.90. The molecule has 0 unspecified atom stereocenters. The summed E-state index contributed by atoms with van der Waals surface area (Å²) in [5, 5.41) is 0. The lowest BCUT2D eigenvalue weighted by atomic mass is 10.3. The third-order valence-electron chi connectivity index (χ3n) is 2.80. The Morgan fingerprint density at radius 3 is 2.48 bits per heavy atom. The van der Waals surface area contributed by atoms with Crippen LogP contribution in [0.25, 0.3) is 0 Å². The zero-order valence-electron chi connectivity index (χ0n) is 12.4. The normalized spacial score (nSPS) is 11.2. The molecule has 0 fully saturated rings. The van der Waals surface area contributed by atoms with Crippen molar-refractivity contribution in [3.05, 3.63) is 15.8 Å². The standard InChI is InChI=1S/C13H19F2NO4S/c1-5-16(7-10(18-3)19-4)12(17)11-9(20-13(14)15)6-8(2)21-11/h6,10,13H,5,7H2,1-4H3. The number of carbonyl (C=O) groups excluding carboxylic acids is 1. The Bertz CT molecular complexity index is 463. The number of thiophene rings is 1. The molecular weight excluding hydrogens is 304 g/mol. The molecule has 0 radical (unpaired) electrons. The quantitative estimate of drug-likeness (QED) is 0.690. The van der Waals surface area contributed by atoms with E-state index in [9.17, 15) is 13.6 Å². The van der Waals surface area contributed by atoms with Crippen molar-refractivity contribution in [2.45, 2.75) is 26.7 Å². The summed E-state index contributed by atoms with van der Waals surface area (Å²) in [6, 6.07) is 1.43. The Kier molecular flexibility index (Phi) is 7.00. The second-order valence-corrected chi connectivity index (χ2v) is 5.43. The maximum absolute atomic E-state index is 12.5. The van der Waals surface area contributed by atoms with E-state index in [1.165, 1.54) is 25.2 Å². The van der Waals surface area contributed by atoms with Crippen LogP contribution < -0.4 is 4.74 Å². The Morgan fingerprint density at radius 2 is 2.00 bits per heavy atom. The van der Waals surface area contributed by atoms with Gasteiger partial charge in [0.2, 0.25) is 0 Å². The maximum atomic E-state index is 12.5. The van der Waals surface area contributed by atoms with Gasteiger partial charge in [-0.1, -0.05) is 0 Å². The highest BCUT2D eigenvalue weighted by Gasteiger charge is 2.25. The smallest absolute Gasteiger partial charge is 0.387 e. The van der Waals surface area contributed by atoms with Crippen LogP contribution in [-0.2, 0) is 9.47 Å². The minimum Gasteiger partial charge on any atom is -0.433 e. The average molecular weight is 323 g/mol. The van der Waals surface area contributed by atoms with Gasteiger partial charge < -0.3 is 19.1 Å². The van der Waals surface area contributed by atoms with Crippen LogP contribution in [0.5, 0.6) is 5.75 Å². The van der Waals surface area contributed by atoms with Gasteiger partial charge in [0, 0.05) is 25.6 Å². The number of nitrogens with zero attached hydrogens (tertiary/aromatic N) is 1. The first-order chi connectivity index (χ1) is 9.92. The molecule has 0 saturated carbocycles. The topological polar surface area (TPSA) is 48.0 Å². The van der Waals surface area contributed by atoms with Gasteiger partial charge in [-0.2, -0.15) is 8.78 Å². The summed E-state index contributed by atoms with van der Waals surface area (Å²) in [4.78, 5) is 14.8. The summed E-state index contributed by atoms with van der Waals surface area (Å²) < 4.78 is 39.3. The number of ether oxygens (including phenoxy) is 3. The molecule has 0 aliphatic rings. The van der Waals surface area contributed by atoms with Gasteiger partial charge in [-0.3, -0.25) is 4.79 Å². The predicted octanol–water partition coefficient (Wildman–Crippen LogP) is 2.74. The number of methoxy groups -OCH3 is 2. The Morgan fingerprint density at radius 1 is 1.38 bits per heavy atom. The van der Waals surface area contributed by atoms with Crippen LogP contribution in [0.4, 0.5) is 8.78 Å². The highest BCUT2D eigenvalue weighted by Crippen LogP contribution is 2.31. The van der Waals surface area contributed by atoms with Crippen LogP contribution in [0.2, 0.25) is 0 Å². The molecule has 5 nitrogen and oxygen atoms in total. The number of hydrogen-bond acceptors (Lipinski definition) is 5. The van der Waals surface area contributed by atoms with Crippen LogP contribution in [0.3, 0.4) is 0 Å². The number of amides is 1. The molecule has 0 bridgehead atoms. The molecule has 1 rings (SSSR count). The number of carbonyl (C=O) groups is 1. The van der Waals surface area contributed by atoms with E-state index in [4.69, 9.17) is 9.47 Å². The molecule has 0 N–H and O–H groups in total. The molecule has 120 valence electrons. The lowest BCUT2D eigenvalue weighted by Crippen LogP contribution is -2.38. The van der Waals surface area contributed by atoms with Gasteiger partial charge in [0.25, 0.3) is 5.91 Å². The molecule has 0 spiro atoms. The molecule has 1 aromatic heterocycles. The van der Waals surface area contributed by atoms with Crippen molar-refractivity contribution >= 4 is 17.2 Å². The number of hydrogen-bond donors (Lipinski definition) is 0. The van der Waals surface area contributed by atoms with E-state index in [0.29, 0.717) is 6.54 Å². The van der Waals surface area contributed by atoms with Crippen LogP contribution >= 0.6 is 11.3 Å². The molecule has 8 heteroatoms. The molecular formula is C13H19F2NO4S. The SMILES string of the molecule is CCN(CC(OC)OC)C(=O)c1sc(C)cc1OC(F)F. The molecule has 0 aliphatic carbocycles. The van der Waals surface area contributed by atoms with E-state index in [2.05, 4.69) is 4.74 Å². The predicted molar refractivity (Wildman–Crippen MR) is 75.1 cm³/mol. The Hall–Kier alpha value is -1.25. The molecule has 21 heavy (non-hydrogen) atoms. The zero-order valence-corrected chi connectivity index (χ0v) is 13.2. The summed E-state index contributed by atoms with van der Waals surface area (Å²) in [7, 11) is 2.93. The summed E-state index contributed by atoms with van der Waals surface area (Å²) in [6.45, 7) is 1.14. The first kappa shape index (κ1) is 17.8. The van der Waals surface area contributed by atoms with Crippen molar-refractivity contribution in [2.24, 2.45) is 0 Å². The van der Waals surface area contributed by atoms with Gasteiger partial charge >= 0.3 is 6.61 Å². The van der Waals surface area contributed by atoms with Crippen LogP contribution in [0, 0.1) is 6.92 Å². The van der Waals surface area contributed by atoms with Crippen molar-refractivity contribution in [1.29, 1.82) is 0 Å². The highest BCUT2D eigenvalue weighted by atomic mass is 32.1. The maximum Gasteiger partial charge on any atom is 0.387 e. The minimum absolute atomic E-state index is 0.0951. The third-order valence-corrected chi connectivity index (χ3v) is 3.82. The minimum atomic E-state index is -2.97. The molecule has 1 aromatic rings. The van der Waals surface area contributed by atoms with Gasteiger partial charge in [0.15, 0.2) is 6.29 Å². The Balaban J connectivity index is 2.94. The van der Waals surface area contributed by atoms with E-state index in [1.54, 1.807) is 13.8 Å². The molecule has 0 aromatic carbocycles. The van der Waals surface area contributed by atoms with Gasteiger partial charge in [-0.25, -0.2) is 0 Å². The molecule has 0 saturated heterocycles. The number of alkyl halides is 2. The molecule has 1 heterocycles. The average Bonchev–Trinajstić information content (AvgIpc) is 2.79. The highest BCUT2D eigenvalue weighted by molar-refractivity contribution is 7.14. The van der Waals surface area contributed by atoms with Gasteiger partial charge in [0.05, 0.1) is 6.54 Å².